The first-order chi connectivity index (χ1) is 12.8. The number of amides is 1. The number of fused-ring (bicyclic) bond motifs is 1. The van der Waals surface area contributed by atoms with Gasteiger partial charge in [0.25, 0.3) is 5.91 Å². The summed E-state index contributed by atoms with van der Waals surface area (Å²) in [5.41, 5.74) is 0.789. The number of benzene rings is 2. The minimum absolute atomic E-state index is 0.0883. The molecule has 1 amide bonds. The lowest BCUT2D eigenvalue weighted by atomic mass is 9.84. The van der Waals surface area contributed by atoms with Crippen molar-refractivity contribution in [3.05, 3.63) is 69.8 Å². The maximum absolute atomic E-state index is 13.4. The first kappa shape index (κ1) is 18.0. The van der Waals surface area contributed by atoms with Crippen LogP contribution in [0.4, 0.5) is 9.39 Å². The molecular weight excluding hydrogens is 412 g/mol. The number of carbonyl (C=O) groups is 2. The van der Waals surface area contributed by atoms with Crippen LogP contribution in [-0.2, 0) is 9.67 Å². The lowest BCUT2D eigenvalue weighted by molar-refractivity contribution is -0.117. The molecule has 0 aliphatic carbocycles. The van der Waals surface area contributed by atoms with E-state index in [1.165, 1.54) is 6.07 Å². The largest absolute Gasteiger partial charge is 0.507 e. The van der Waals surface area contributed by atoms with E-state index in [-0.39, 0.29) is 31.8 Å². The minimum atomic E-state index is -1.97. The molecular formula is C19H10Cl2FNO3S. The Kier molecular flexibility index (Phi) is 4.22. The molecule has 1 atom stereocenters. The van der Waals surface area contributed by atoms with Gasteiger partial charge < -0.3 is 10.4 Å². The molecule has 3 aromatic rings. The number of ketones is 1. The number of thiophene rings is 1. The Morgan fingerprint density at radius 1 is 1.07 bits per heavy atom. The van der Waals surface area contributed by atoms with Crippen molar-refractivity contribution in [3.63, 3.8) is 0 Å². The highest BCUT2D eigenvalue weighted by atomic mass is 35.5. The van der Waals surface area contributed by atoms with Crippen molar-refractivity contribution in [2.45, 2.75) is 4.87 Å². The van der Waals surface area contributed by atoms with Gasteiger partial charge in [0.2, 0.25) is 10.7 Å². The number of hydrogen-bond donors (Lipinski definition) is 2. The molecule has 2 N–H and O–H groups in total. The fourth-order valence-electron chi connectivity index (χ4n) is 3.06. The molecule has 2 aromatic carbocycles. The van der Waals surface area contributed by atoms with Crippen LogP contribution in [0, 0.1) is 5.82 Å². The standard InChI is InChI=1S/C19H10Cl2FNO3S/c20-16-13(11-7-6-10(22)8-12(11)24)14-15(25)19(21,9-4-2-1-3-5-9)18(26)23-17(14)27-16/h1-8,24H,(H,23,26). The van der Waals surface area contributed by atoms with Crippen LogP contribution >= 0.6 is 34.5 Å². The molecule has 1 aliphatic rings. The van der Waals surface area contributed by atoms with E-state index < -0.39 is 22.4 Å². The van der Waals surface area contributed by atoms with Gasteiger partial charge in [0.15, 0.2) is 0 Å². The molecule has 1 aromatic heterocycles. The smallest absolute Gasteiger partial charge is 0.258 e. The van der Waals surface area contributed by atoms with Crippen molar-refractivity contribution in [2.24, 2.45) is 0 Å². The van der Waals surface area contributed by atoms with Crippen molar-refractivity contribution in [1.82, 2.24) is 0 Å². The number of phenolic OH excluding ortho intramolecular Hbond substituents is 1. The number of nitrogens with one attached hydrogen (secondary N) is 1. The van der Waals surface area contributed by atoms with Crippen LogP contribution in [0.5, 0.6) is 5.75 Å². The van der Waals surface area contributed by atoms with E-state index in [1.54, 1.807) is 30.3 Å². The van der Waals surface area contributed by atoms with Gasteiger partial charge in [0, 0.05) is 17.2 Å². The van der Waals surface area contributed by atoms with Crippen LogP contribution in [0.15, 0.2) is 48.5 Å². The Hall–Kier alpha value is -2.41. The summed E-state index contributed by atoms with van der Waals surface area (Å²) in [5, 5.41) is 13.0. The molecule has 0 saturated carbocycles. The third kappa shape index (κ3) is 2.64. The van der Waals surface area contributed by atoms with E-state index >= 15 is 0 Å². The second-order valence-corrected chi connectivity index (χ2v) is 8.11. The van der Waals surface area contributed by atoms with Gasteiger partial charge in [-0.05, 0) is 17.7 Å². The third-order valence-electron chi connectivity index (χ3n) is 4.35. The Morgan fingerprint density at radius 3 is 2.44 bits per heavy atom. The summed E-state index contributed by atoms with van der Waals surface area (Å²) in [6.45, 7) is 0. The number of phenols is 1. The SMILES string of the molecule is O=C1Nc2sc(Cl)c(-c3ccc(F)cc3O)c2C(=O)C1(Cl)c1ccccc1. The summed E-state index contributed by atoms with van der Waals surface area (Å²) in [5.74, 6) is -2.34. The molecule has 0 radical (unpaired) electrons. The normalized spacial score (nSPS) is 18.9. The highest BCUT2D eigenvalue weighted by Gasteiger charge is 2.52. The van der Waals surface area contributed by atoms with Crippen molar-refractivity contribution in [3.8, 4) is 16.9 Å². The van der Waals surface area contributed by atoms with Gasteiger partial charge in [-0.15, -0.1) is 11.3 Å². The molecule has 8 heteroatoms. The molecule has 0 spiro atoms. The van der Waals surface area contributed by atoms with Crippen LogP contribution in [0.3, 0.4) is 0 Å². The molecule has 4 rings (SSSR count). The number of hydrogen-bond acceptors (Lipinski definition) is 4. The zero-order valence-electron chi connectivity index (χ0n) is 13.4. The summed E-state index contributed by atoms with van der Waals surface area (Å²) in [4.78, 5) is 24.0. The molecule has 136 valence electrons. The van der Waals surface area contributed by atoms with Crippen molar-refractivity contribution in [1.29, 1.82) is 0 Å². The van der Waals surface area contributed by atoms with Crippen LogP contribution in [0.1, 0.15) is 15.9 Å². The maximum Gasteiger partial charge on any atom is 0.258 e. The molecule has 2 heterocycles. The first-order valence-corrected chi connectivity index (χ1v) is 9.33. The van der Waals surface area contributed by atoms with E-state index in [0.29, 0.717) is 5.56 Å². The molecule has 0 saturated heterocycles. The van der Waals surface area contributed by atoms with Gasteiger partial charge in [0.1, 0.15) is 20.9 Å². The number of carbonyl (C=O) groups excluding carboxylic acids is 2. The monoisotopic (exact) mass is 421 g/mol. The van der Waals surface area contributed by atoms with Gasteiger partial charge >= 0.3 is 0 Å². The van der Waals surface area contributed by atoms with E-state index in [2.05, 4.69) is 5.32 Å². The Bertz CT molecular complexity index is 1100. The summed E-state index contributed by atoms with van der Waals surface area (Å²) in [6.07, 6.45) is 0. The predicted octanol–water partition coefficient (Wildman–Crippen LogP) is 5.18. The van der Waals surface area contributed by atoms with Crippen LogP contribution in [0.2, 0.25) is 4.34 Å². The first-order valence-electron chi connectivity index (χ1n) is 7.76. The Morgan fingerprint density at radius 2 is 1.78 bits per heavy atom. The van der Waals surface area contributed by atoms with Crippen molar-refractivity contribution in [2.75, 3.05) is 5.32 Å². The van der Waals surface area contributed by atoms with Crippen LogP contribution in [0.25, 0.3) is 11.1 Å². The lowest BCUT2D eigenvalue weighted by Gasteiger charge is -2.29. The molecule has 27 heavy (non-hydrogen) atoms. The average Bonchev–Trinajstić information content (AvgIpc) is 2.96. The quantitative estimate of drug-likeness (QED) is 0.442. The van der Waals surface area contributed by atoms with Gasteiger partial charge in [-0.3, -0.25) is 9.59 Å². The number of alkyl halides is 1. The summed E-state index contributed by atoms with van der Waals surface area (Å²) in [6, 6.07) is 11.6. The van der Waals surface area contributed by atoms with Gasteiger partial charge in [-0.1, -0.05) is 53.5 Å². The van der Waals surface area contributed by atoms with E-state index in [1.807, 2.05) is 0 Å². The molecule has 0 fully saturated rings. The van der Waals surface area contributed by atoms with E-state index in [0.717, 1.165) is 23.5 Å². The number of anilines is 1. The molecule has 1 unspecified atom stereocenters. The molecule has 1 aliphatic heterocycles. The molecule has 4 nitrogen and oxygen atoms in total. The van der Waals surface area contributed by atoms with Crippen LogP contribution in [-0.4, -0.2) is 16.8 Å². The number of aromatic hydroxyl groups is 1. The minimum Gasteiger partial charge on any atom is -0.507 e. The number of rotatable bonds is 2. The zero-order chi connectivity index (χ0) is 19.3. The van der Waals surface area contributed by atoms with Gasteiger partial charge in [-0.25, -0.2) is 4.39 Å². The Labute approximate surface area is 167 Å². The average molecular weight is 422 g/mol. The summed E-state index contributed by atoms with van der Waals surface area (Å²) < 4.78 is 13.5. The Balaban J connectivity index is 1.96. The summed E-state index contributed by atoms with van der Waals surface area (Å²) in [7, 11) is 0. The van der Waals surface area contributed by atoms with Crippen molar-refractivity contribution >= 4 is 51.2 Å². The zero-order valence-corrected chi connectivity index (χ0v) is 15.8. The van der Waals surface area contributed by atoms with Gasteiger partial charge in [0.05, 0.1) is 5.56 Å². The van der Waals surface area contributed by atoms with E-state index in [4.69, 9.17) is 23.2 Å². The molecule has 0 bridgehead atoms. The number of Topliss-reactive ketones (excluding diaryl/α,β-unsaturated/α-hetero) is 1. The highest BCUT2D eigenvalue weighted by Crippen LogP contribution is 2.51. The highest BCUT2D eigenvalue weighted by molar-refractivity contribution is 7.21. The maximum atomic E-state index is 13.4. The van der Waals surface area contributed by atoms with Crippen molar-refractivity contribution < 1.29 is 19.1 Å². The van der Waals surface area contributed by atoms with E-state index in [9.17, 15) is 19.1 Å². The van der Waals surface area contributed by atoms with Gasteiger partial charge in [-0.2, -0.15) is 0 Å². The predicted molar refractivity (Wildman–Crippen MR) is 103 cm³/mol. The third-order valence-corrected chi connectivity index (χ3v) is 6.22. The topological polar surface area (TPSA) is 66.4 Å². The van der Waals surface area contributed by atoms with Crippen LogP contribution < -0.4 is 5.32 Å². The second-order valence-electron chi connectivity index (χ2n) is 5.92. The number of halogens is 3. The summed E-state index contributed by atoms with van der Waals surface area (Å²) >= 11 is 13.8. The second kappa shape index (κ2) is 6.34. The fourth-order valence-corrected chi connectivity index (χ4v) is 4.69. The fraction of sp³-hybridized carbons (Fsp3) is 0.0526. The lowest BCUT2D eigenvalue weighted by Crippen LogP contribution is -2.46.